The third-order valence-electron chi connectivity index (χ3n) is 3.42. The standard InChI is InChI=1S/C11H19N3O2/c1-7(2)12-8-3-5-11(6-4-8)9(15)13-10(16)14-11/h7-8,12H,3-6H2,1-2H3,(H2,13,14,15,16)/t8-,11+. The average molecular weight is 225 g/mol. The molecule has 0 atom stereocenters. The Morgan fingerprint density at radius 2 is 1.94 bits per heavy atom. The van der Waals surface area contributed by atoms with Crippen molar-refractivity contribution >= 4 is 11.9 Å². The zero-order valence-electron chi connectivity index (χ0n) is 9.80. The highest BCUT2D eigenvalue weighted by Crippen LogP contribution is 2.30. The van der Waals surface area contributed by atoms with Crippen LogP contribution in [-0.4, -0.2) is 29.6 Å². The lowest BCUT2D eigenvalue weighted by Crippen LogP contribution is -2.52. The smallest absolute Gasteiger partial charge is 0.322 e. The molecular formula is C11H19N3O2. The Hall–Kier alpha value is -1.10. The fourth-order valence-corrected chi connectivity index (χ4v) is 2.63. The van der Waals surface area contributed by atoms with E-state index in [1.165, 1.54) is 0 Å². The summed E-state index contributed by atoms with van der Waals surface area (Å²) in [6.45, 7) is 4.24. The average Bonchev–Trinajstić information content (AvgIpc) is 2.45. The topological polar surface area (TPSA) is 70.2 Å². The summed E-state index contributed by atoms with van der Waals surface area (Å²) >= 11 is 0. The number of imide groups is 1. The van der Waals surface area contributed by atoms with E-state index in [0.29, 0.717) is 12.1 Å². The van der Waals surface area contributed by atoms with E-state index >= 15 is 0 Å². The van der Waals surface area contributed by atoms with E-state index in [4.69, 9.17) is 0 Å². The highest BCUT2D eigenvalue weighted by molar-refractivity contribution is 6.07. The van der Waals surface area contributed by atoms with Gasteiger partial charge in [0.15, 0.2) is 0 Å². The molecule has 0 bridgehead atoms. The van der Waals surface area contributed by atoms with Crippen LogP contribution >= 0.6 is 0 Å². The predicted octanol–water partition coefficient (Wildman–Crippen LogP) is 0.505. The molecular weight excluding hydrogens is 206 g/mol. The van der Waals surface area contributed by atoms with Gasteiger partial charge in [-0.3, -0.25) is 10.1 Å². The van der Waals surface area contributed by atoms with Crippen molar-refractivity contribution in [3.05, 3.63) is 0 Å². The Morgan fingerprint density at radius 1 is 1.31 bits per heavy atom. The van der Waals surface area contributed by atoms with Crippen LogP contribution in [0.4, 0.5) is 4.79 Å². The van der Waals surface area contributed by atoms with Crippen molar-refractivity contribution in [1.82, 2.24) is 16.0 Å². The van der Waals surface area contributed by atoms with Crippen molar-refractivity contribution in [1.29, 1.82) is 0 Å². The molecule has 5 heteroatoms. The summed E-state index contributed by atoms with van der Waals surface area (Å²) in [5, 5.41) is 8.56. The molecule has 1 saturated heterocycles. The fraction of sp³-hybridized carbons (Fsp3) is 0.818. The van der Waals surface area contributed by atoms with Gasteiger partial charge in [0.25, 0.3) is 5.91 Å². The number of urea groups is 1. The summed E-state index contributed by atoms with van der Waals surface area (Å²) in [4.78, 5) is 22.8. The van der Waals surface area contributed by atoms with Gasteiger partial charge >= 0.3 is 6.03 Å². The minimum absolute atomic E-state index is 0.152. The molecule has 0 aromatic rings. The van der Waals surface area contributed by atoms with Crippen LogP contribution in [0.15, 0.2) is 0 Å². The maximum Gasteiger partial charge on any atom is 0.322 e. The van der Waals surface area contributed by atoms with Crippen molar-refractivity contribution in [2.75, 3.05) is 0 Å². The molecule has 1 spiro atoms. The Balaban J connectivity index is 1.94. The third kappa shape index (κ3) is 2.04. The van der Waals surface area contributed by atoms with Gasteiger partial charge in [0.05, 0.1) is 0 Å². The van der Waals surface area contributed by atoms with Crippen molar-refractivity contribution in [2.24, 2.45) is 0 Å². The monoisotopic (exact) mass is 225 g/mol. The summed E-state index contributed by atoms with van der Waals surface area (Å²) in [6, 6.07) is 0.585. The van der Waals surface area contributed by atoms with E-state index in [0.717, 1.165) is 25.7 Å². The first-order valence-corrected chi connectivity index (χ1v) is 5.91. The van der Waals surface area contributed by atoms with Crippen molar-refractivity contribution < 1.29 is 9.59 Å². The van der Waals surface area contributed by atoms with Crippen LogP contribution in [0, 0.1) is 0 Å². The number of rotatable bonds is 2. The number of hydrogen-bond donors (Lipinski definition) is 3. The van der Waals surface area contributed by atoms with E-state index in [-0.39, 0.29) is 11.9 Å². The lowest BCUT2D eigenvalue weighted by atomic mass is 9.79. The molecule has 2 rings (SSSR count). The molecule has 1 heterocycles. The van der Waals surface area contributed by atoms with Gasteiger partial charge in [-0.05, 0) is 25.7 Å². The third-order valence-corrected chi connectivity index (χ3v) is 3.42. The van der Waals surface area contributed by atoms with Crippen molar-refractivity contribution in [3.63, 3.8) is 0 Å². The predicted molar refractivity (Wildman–Crippen MR) is 59.9 cm³/mol. The van der Waals surface area contributed by atoms with Crippen LogP contribution < -0.4 is 16.0 Å². The summed E-state index contributed by atoms with van der Waals surface area (Å²) in [5.41, 5.74) is -0.619. The van der Waals surface area contributed by atoms with Crippen molar-refractivity contribution in [3.8, 4) is 0 Å². The van der Waals surface area contributed by atoms with Crippen LogP contribution in [0.25, 0.3) is 0 Å². The quantitative estimate of drug-likeness (QED) is 0.599. The van der Waals surface area contributed by atoms with E-state index in [2.05, 4.69) is 29.8 Å². The summed E-state index contributed by atoms with van der Waals surface area (Å²) in [6.07, 6.45) is 3.34. The fourth-order valence-electron chi connectivity index (χ4n) is 2.63. The first kappa shape index (κ1) is 11.4. The van der Waals surface area contributed by atoms with Crippen LogP contribution in [0.5, 0.6) is 0 Å². The first-order valence-electron chi connectivity index (χ1n) is 5.91. The molecule has 16 heavy (non-hydrogen) atoms. The number of amides is 3. The van der Waals surface area contributed by atoms with E-state index in [9.17, 15) is 9.59 Å². The zero-order valence-corrected chi connectivity index (χ0v) is 9.80. The molecule has 0 aromatic carbocycles. The highest BCUT2D eigenvalue weighted by Gasteiger charge is 2.47. The van der Waals surface area contributed by atoms with Gasteiger partial charge in [0, 0.05) is 12.1 Å². The van der Waals surface area contributed by atoms with Gasteiger partial charge in [0.1, 0.15) is 5.54 Å². The maximum absolute atomic E-state index is 11.7. The Morgan fingerprint density at radius 3 is 2.38 bits per heavy atom. The molecule has 1 aliphatic heterocycles. The molecule has 0 unspecified atom stereocenters. The molecule has 2 fully saturated rings. The first-order chi connectivity index (χ1) is 7.52. The van der Waals surface area contributed by atoms with Gasteiger partial charge in [-0.15, -0.1) is 0 Å². The Labute approximate surface area is 95.3 Å². The van der Waals surface area contributed by atoms with Crippen LogP contribution in [-0.2, 0) is 4.79 Å². The molecule has 3 N–H and O–H groups in total. The second-order valence-corrected chi connectivity index (χ2v) is 5.09. The number of nitrogens with one attached hydrogen (secondary N) is 3. The highest BCUT2D eigenvalue weighted by atomic mass is 16.2. The summed E-state index contributed by atoms with van der Waals surface area (Å²) < 4.78 is 0. The lowest BCUT2D eigenvalue weighted by Gasteiger charge is -2.35. The van der Waals surface area contributed by atoms with E-state index < -0.39 is 5.54 Å². The van der Waals surface area contributed by atoms with Gasteiger partial charge in [-0.25, -0.2) is 4.79 Å². The van der Waals surface area contributed by atoms with Gasteiger partial charge in [-0.1, -0.05) is 13.8 Å². The molecule has 0 aromatic heterocycles. The molecule has 5 nitrogen and oxygen atoms in total. The minimum atomic E-state index is -0.619. The minimum Gasteiger partial charge on any atom is -0.323 e. The van der Waals surface area contributed by atoms with Crippen molar-refractivity contribution in [2.45, 2.75) is 57.2 Å². The van der Waals surface area contributed by atoms with Gasteiger partial charge < -0.3 is 10.6 Å². The maximum atomic E-state index is 11.7. The summed E-state index contributed by atoms with van der Waals surface area (Å²) in [5.74, 6) is -0.152. The molecule has 1 saturated carbocycles. The number of hydrogen-bond acceptors (Lipinski definition) is 3. The Bertz CT molecular complexity index is 306. The molecule has 0 radical (unpaired) electrons. The second-order valence-electron chi connectivity index (χ2n) is 5.09. The largest absolute Gasteiger partial charge is 0.323 e. The number of carbonyl (C=O) groups excluding carboxylic acids is 2. The lowest BCUT2D eigenvalue weighted by molar-refractivity contribution is -0.125. The normalized spacial score (nSPS) is 34.3. The molecule has 3 amide bonds. The summed E-state index contributed by atoms with van der Waals surface area (Å²) in [7, 11) is 0. The number of carbonyl (C=O) groups is 2. The molecule has 2 aliphatic rings. The molecule has 1 aliphatic carbocycles. The van der Waals surface area contributed by atoms with E-state index in [1.54, 1.807) is 0 Å². The SMILES string of the molecule is CC(C)N[C@H]1CC[C@]2(CC1)NC(=O)NC2=O. The van der Waals surface area contributed by atoms with Crippen LogP contribution in [0.2, 0.25) is 0 Å². The van der Waals surface area contributed by atoms with Crippen LogP contribution in [0.3, 0.4) is 0 Å². The van der Waals surface area contributed by atoms with Crippen LogP contribution in [0.1, 0.15) is 39.5 Å². The second kappa shape index (κ2) is 4.05. The Kier molecular flexibility index (Phi) is 2.88. The van der Waals surface area contributed by atoms with E-state index in [1.807, 2.05) is 0 Å². The van der Waals surface area contributed by atoms with Gasteiger partial charge in [0.2, 0.25) is 0 Å². The van der Waals surface area contributed by atoms with Gasteiger partial charge in [-0.2, -0.15) is 0 Å². The zero-order chi connectivity index (χ0) is 11.8. The molecule has 90 valence electrons.